The zero-order valence-electron chi connectivity index (χ0n) is 9.91. The van der Waals surface area contributed by atoms with Crippen LogP contribution in [0.4, 0.5) is 0 Å². The van der Waals surface area contributed by atoms with Crippen LogP contribution in [-0.4, -0.2) is 16.1 Å². The number of hydrogen-bond acceptors (Lipinski definition) is 3. The van der Waals surface area contributed by atoms with E-state index >= 15 is 0 Å². The first-order valence-electron chi connectivity index (χ1n) is 5.68. The van der Waals surface area contributed by atoms with Crippen LogP contribution < -0.4 is 0 Å². The molecule has 4 heteroatoms. The van der Waals surface area contributed by atoms with Gasteiger partial charge in [0.15, 0.2) is 0 Å². The van der Waals surface area contributed by atoms with E-state index in [4.69, 9.17) is 5.11 Å². The number of aryl methyl sites for hydroxylation is 1. The molecule has 0 aliphatic heterocycles. The largest absolute Gasteiger partial charge is 0.477 e. The van der Waals surface area contributed by atoms with Crippen molar-refractivity contribution >= 4 is 17.3 Å². The summed E-state index contributed by atoms with van der Waals surface area (Å²) in [4.78, 5) is 16.0. The van der Waals surface area contributed by atoms with Gasteiger partial charge in [-0.05, 0) is 18.3 Å². The summed E-state index contributed by atoms with van der Waals surface area (Å²) < 4.78 is 0. The van der Waals surface area contributed by atoms with Gasteiger partial charge < -0.3 is 5.11 Å². The van der Waals surface area contributed by atoms with Crippen molar-refractivity contribution in [3.8, 4) is 0 Å². The molecule has 3 nitrogen and oxygen atoms in total. The molecule has 1 fully saturated rings. The molecule has 0 spiro atoms. The van der Waals surface area contributed by atoms with Crippen molar-refractivity contribution in [3.05, 3.63) is 15.6 Å². The van der Waals surface area contributed by atoms with Gasteiger partial charge in [0.2, 0.25) is 0 Å². The highest BCUT2D eigenvalue weighted by atomic mass is 32.1. The summed E-state index contributed by atoms with van der Waals surface area (Å²) in [6.07, 6.45) is 2.84. The van der Waals surface area contributed by atoms with Gasteiger partial charge in [0.1, 0.15) is 4.88 Å². The lowest BCUT2D eigenvalue weighted by atomic mass is 10.1. The second kappa shape index (κ2) is 3.84. The average Bonchev–Trinajstić information content (AvgIpc) is 2.65. The zero-order chi connectivity index (χ0) is 11.9. The van der Waals surface area contributed by atoms with Crippen LogP contribution >= 0.6 is 11.3 Å². The van der Waals surface area contributed by atoms with Crippen LogP contribution in [0.15, 0.2) is 0 Å². The third-order valence-electron chi connectivity index (χ3n) is 3.21. The second-order valence-corrected chi connectivity index (χ2v) is 6.16. The van der Waals surface area contributed by atoms with Crippen LogP contribution in [0.2, 0.25) is 0 Å². The van der Waals surface area contributed by atoms with Crippen LogP contribution in [0.1, 0.15) is 59.9 Å². The summed E-state index contributed by atoms with van der Waals surface area (Å²) in [5, 5.41) is 10.1. The maximum Gasteiger partial charge on any atom is 0.347 e. The lowest BCUT2D eigenvalue weighted by Crippen LogP contribution is -1.98. The van der Waals surface area contributed by atoms with Gasteiger partial charge in [0.05, 0.1) is 10.7 Å². The molecule has 0 saturated heterocycles. The molecule has 1 aromatic rings. The third kappa shape index (κ3) is 1.98. The standard InChI is InChI=1S/C12H17NO2S/c1-4-5-8-9(11(14)15)16-10(13-8)7-6-12(7,2)3/h7H,4-6H2,1-3H3,(H,14,15). The van der Waals surface area contributed by atoms with Gasteiger partial charge >= 0.3 is 5.97 Å². The van der Waals surface area contributed by atoms with E-state index in [-0.39, 0.29) is 0 Å². The van der Waals surface area contributed by atoms with Gasteiger partial charge in [-0.1, -0.05) is 27.2 Å². The Morgan fingerprint density at radius 1 is 1.62 bits per heavy atom. The van der Waals surface area contributed by atoms with E-state index in [0.29, 0.717) is 16.2 Å². The quantitative estimate of drug-likeness (QED) is 0.877. The van der Waals surface area contributed by atoms with Crippen molar-refractivity contribution in [2.45, 2.75) is 46.0 Å². The maximum atomic E-state index is 11.1. The van der Waals surface area contributed by atoms with E-state index in [0.717, 1.165) is 30.0 Å². The van der Waals surface area contributed by atoms with E-state index in [1.807, 2.05) is 6.92 Å². The van der Waals surface area contributed by atoms with E-state index < -0.39 is 5.97 Å². The Morgan fingerprint density at radius 3 is 2.69 bits per heavy atom. The van der Waals surface area contributed by atoms with Crippen molar-refractivity contribution in [3.63, 3.8) is 0 Å². The predicted molar refractivity (Wildman–Crippen MR) is 64.2 cm³/mol. The summed E-state index contributed by atoms with van der Waals surface area (Å²) in [6, 6.07) is 0. The Morgan fingerprint density at radius 2 is 2.25 bits per heavy atom. The fraction of sp³-hybridized carbons (Fsp3) is 0.667. The first kappa shape index (κ1) is 11.6. The van der Waals surface area contributed by atoms with Crippen molar-refractivity contribution in [1.29, 1.82) is 0 Å². The second-order valence-electron chi connectivity index (χ2n) is 5.13. The molecule has 0 amide bonds. The monoisotopic (exact) mass is 239 g/mol. The molecule has 0 bridgehead atoms. The minimum absolute atomic E-state index is 0.317. The molecule has 1 heterocycles. The topological polar surface area (TPSA) is 50.2 Å². The maximum absolute atomic E-state index is 11.1. The van der Waals surface area contributed by atoms with Gasteiger partial charge in [-0.2, -0.15) is 0 Å². The van der Waals surface area contributed by atoms with Gasteiger partial charge in [-0.3, -0.25) is 0 Å². The molecule has 88 valence electrons. The highest BCUT2D eigenvalue weighted by Crippen LogP contribution is 2.59. The van der Waals surface area contributed by atoms with Crippen molar-refractivity contribution in [2.75, 3.05) is 0 Å². The van der Waals surface area contributed by atoms with E-state index in [1.54, 1.807) is 0 Å². The SMILES string of the molecule is CCCc1nc(C2CC2(C)C)sc1C(=O)O. The molecule has 1 saturated carbocycles. The van der Waals surface area contributed by atoms with Gasteiger partial charge in [-0.25, -0.2) is 9.78 Å². The van der Waals surface area contributed by atoms with Crippen LogP contribution in [0.25, 0.3) is 0 Å². The average molecular weight is 239 g/mol. The highest BCUT2D eigenvalue weighted by molar-refractivity contribution is 7.13. The van der Waals surface area contributed by atoms with Crippen LogP contribution in [0.3, 0.4) is 0 Å². The van der Waals surface area contributed by atoms with Crippen LogP contribution in [0.5, 0.6) is 0 Å². The van der Waals surface area contributed by atoms with Gasteiger partial charge in [-0.15, -0.1) is 11.3 Å². The van der Waals surface area contributed by atoms with E-state index in [1.165, 1.54) is 11.3 Å². The summed E-state index contributed by atoms with van der Waals surface area (Å²) in [7, 11) is 0. The summed E-state index contributed by atoms with van der Waals surface area (Å²) >= 11 is 1.37. The Labute approximate surface area is 99.5 Å². The number of carboxylic acid groups (broad SMARTS) is 1. The Bertz CT molecular complexity index is 423. The van der Waals surface area contributed by atoms with Crippen LogP contribution in [0, 0.1) is 5.41 Å². The number of nitrogens with zero attached hydrogens (tertiary/aromatic N) is 1. The summed E-state index contributed by atoms with van der Waals surface area (Å²) in [5.41, 5.74) is 1.09. The lowest BCUT2D eigenvalue weighted by molar-refractivity contribution is 0.0700. The summed E-state index contributed by atoms with van der Waals surface area (Å²) in [5.74, 6) is -0.355. The Hall–Kier alpha value is -0.900. The van der Waals surface area contributed by atoms with E-state index in [9.17, 15) is 4.79 Å². The van der Waals surface area contributed by atoms with Crippen LogP contribution in [-0.2, 0) is 6.42 Å². The third-order valence-corrected chi connectivity index (χ3v) is 4.41. The molecule has 1 N–H and O–H groups in total. The lowest BCUT2D eigenvalue weighted by Gasteiger charge is -1.97. The molecule has 1 aliphatic rings. The molecular formula is C12H17NO2S. The minimum Gasteiger partial charge on any atom is -0.477 e. The van der Waals surface area contributed by atoms with E-state index in [2.05, 4.69) is 18.8 Å². The first-order chi connectivity index (χ1) is 7.45. The number of carbonyl (C=O) groups is 1. The summed E-state index contributed by atoms with van der Waals surface area (Å²) in [6.45, 7) is 6.46. The van der Waals surface area contributed by atoms with Gasteiger partial charge in [0.25, 0.3) is 0 Å². The Balaban J connectivity index is 2.29. The molecule has 1 atom stereocenters. The number of aromatic nitrogens is 1. The molecular weight excluding hydrogens is 222 g/mol. The number of rotatable bonds is 4. The van der Waals surface area contributed by atoms with Gasteiger partial charge in [0, 0.05) is 5.92 Å². The molecule has 2 rings (SSSR count). The Kier molecular flexibility index (Phi) is 2.78. The smallest absolute Gasteiger partial charge is 0.347 e. The zero-order valence-corrected chi connectivity index (χ0v) is 10.7. The predicted octanol–water partition coefficient (Wildman–Crippen LogP) is 3.31. The number of hydrogen-bond donors (Lipinski definition) is 1. The number of carboxylic acids is 1. The molecule has 1 aromatic heterocycles. The molecule has 0 radical (unpaired) electrons. The molecule has 1 aliphatic carbocycles. The van der Waals surface area contributed by atoms with Crippen molar-refractivity contribution < 1.29 is 9.90 Å². The first-order valence-corrected chi connectivity index (χ1v) is 6.50. The number of thiazole rings is 1. The fourth-order valence-corrected chi connectivity index (χ4v) is 3.24. The molecule has 0 aromatic carbocycles. The molecule has 16 heavy (non-hydrogen) atoms. The normalized spacial score (nSPS) is 22.1. The number of aromatic carboxylic acids is 1. The molecule has 1 unspecified atom stereocenters. The van der Waals surface area contributed by atoms with Crippen molar-refractivity contribution in [2.24, 2.45) is 5.41 Å². The fourth-order valence-electron chi connectivity index (χ4n) is 1.98. The minimum atomic E-state index is -0.828. The van der Waals surface area contributed by atoms with Crippen molar-refractivity contribution in [1.82, 2.24) is 4.98 Å². The highest BCUT2D eigenvalue weighted by Gasteiger charge is 2.48.